The van der Waals surface area contributed by atoms with Gasteiger partial charge < -0.3 is 10.3 Å². The molecule has 3 nitrogen and oxygen atoms in total. The van der Waals surface area contributed by atoms with Crippen molar-refractivity contribution in [2.24, 2.45) is 0 Å². The van der Waals surface area contributed by atoms with E-state index in [1.165, 1.54) is 12.8 Å². The molecule has 1 fully saturated rings. The van der Waals surface area contributed by atoms with Gasteiger partial charge in [-0.15, -0.1) is 0 Å². The zero-order valence-corrected chi connectivity index (χ0v) is 9.32. The molecular formula is C9H14BrN3. The quantitative estimate of drug-likeness (QED) is 0.792. The van der Waals surface area contributed by atoms with Crippen molar-refractivity contribution in [3.8, 4) is 0 Å². The van der Waals surface area contributed by atoms with Gasteiger partial charge in [-0.25, -0.2) is 4.98 Å². The first-order valence-corrected chi connectivity index (χ1v) is 5.49. The minimum atomic E-state index is 0.617. The molecule has 1 saturated heterocycles. The van der Waals surface area contributed by atoms with Crippen LogP contribution in [-0.2, 0) is 0 Å². The first-order valence-electron chi connectivity index (χ1n) is 4.70. The number of aromatic nitrogens is 2. The van der Waals surface area contributed by atoms with E-state index >= 15 is 0 Å². The highest BCUT2D eigenvalue weighted by molar-refractivity contribution is 9.10. The van der Waals surface area contributed by atoms with Crippen LogP contribution >= 0.6 is 15.9 Å². The Balaban J connectivity index is 2.14. The van der Waals surface area contributed by atoms with Crippen LogP contribution in [0.2, 0.25) is 0 Å². The minimum absolute atomic E-state index is 0.617. The van der Waals surface area contributed by atoms with Gasteiger partial charge in [0, 0.05) is 11.6 Å². The Kier molecular flexibility index (Phi) is 2.69. The predicted molar refractivity (Wildman–Crippen MR) is 55.9 cm³/mol. The van der Waals surface area contributed by atoms with Gasteiger partial charge >= 0.3 is 0 Å². The van der Waals surface area contributed by atoms with Crippen molar-refractivity contribution in [2.45, 2.75) is 25.7 Å². The summed E-state index contributed by atoms with van der Waals surface area (Å²) in [6.45, 7) is 4.27. The lowest BCUT2D eigenvalue weighted by Crippen LogP contribution is -2.27. The molecule has 0 aliphatic carbocycles. The SMILES string of the molecule is Cc1[nH]c(C2CCNCC2)nc1Br. The fourth-order valence-electron chi connectivity index (χ4n) is 1.75. The van der Waals surface area contributed by atoms with Gasteiger partial charge in [0.25, 0.3) is 0 Å². The summed E-state index contributed by atoms with van der Waals surface area (Å²) in [4.78, 5) is 7.80. The molecular weight excluding hydrogens is 230 g/mol. The third-order valence-corrected chi connectivity index (χ3v) is 3.34. The Labute approximate surface area is 86.5 Å². The van der Waals surface area contributed by atoms with Crippen LogP contribution in [0, 0.1) is 6.92 Å². The van der Waals surface area contributed by atoms with Gasteiger partial charge in [-0.1, -0.05) is 0 Å². The lowest BCUT2D eigenvalue weighted by Gasteiger charge is -2.20. The van der Waals surface area contributed by atoms with Crippen LogP contribution in [0.1, 0.15) is 30.3 Å². The zero-order valence-electron chi connectivity index (χ0n) is 7.73. The number of hydrogen-bond donors (Lipinski definition) is 2. The van der Waals surface area contributed by atoms with Crippen molar-refractivity contribution in [2.75, 3.05) is 13.1 Å². The molecule has 1 aromatic rings. The first kappa shape index (κ1) is 9.21. The molecule has 2 rings (SSSR count). The Morgan fingerprint density at radius 3 is 2.62 bits per heavy atom. The number of rotatable bonds is 1. The molecule has 0 saturated carbocycles. The van der Waals surface area contributed by atoms with Crippen LogP contribution in [0.5, 0.6) is 0 Å². The van der Waals surface area contributed by atoms with E-state index in [0.717, 1.165) is 29.2 Å². The molecule has 0 aromatic carbocycles. The maximum Gasteiger partial charge on any atom is 0.127 e. The van der Waals surface area contributed by atoms with Gasteiger partial charge in [-0.05, 0) is 48.8 Å². The summed E-state index contributed by atoms with van der Waals surface area (Å²) in [5, 5.41) is 3.35. The average molecular weight is 244 g/mol. The van der Waals surface area contributed by atoms with Crippen LogP contribution in [0.4, 0.5) is 0 Å². The summed E-state index contributed by atoms with van der Waals surface area (Å²) in [6.07, 6.45) is 2.39. The molecule has 1 aliphatic rings. The van der Waals surface area contributed by atoms with E-state index < -0.39 is 0 Å². The summed E-state index contributed by atoms with van der Waals surface area (Å²) in [5.41, 5.74) is 1.13. The second-order valence-electron chi connectivity index (χ2n) is 3.56. The molecule has 72 valence electrons. The largest absolute Gasteiger partial charge is 0.345 e. The van der Waals surface area contributed by atoms with Gasteiger partial charge in [-0.3, -0.25) is 0 Å². The Hall–Kier alpha value is -0.350. The number of imidazole rings is 1. The molecule has 2 N–H and O–H groups in total. The summed E-state index contributed by atoms with van der Waals surface area (Å²) < 4.78 is 0.959. The molecule has 0 atom stereocenters. The van der Waals surface area contributed by atoms with Crippen LogP contribution in [0.3, 0.4) is 0 Å². The summed E-state index contributed by atoms with van der Waals surface area (Å²) in [6, 6.07) is 0. The summed E-state index contributed by atoms with van der Waals surface area (Å²) in [5.74, 6) is 1.76. The maximum atomic E-state index is 4.47. The first-order chi connectivity index (χ1) is 6.27. The van der Waals surface area contributed by atoms with E-state index in [9.17, 15) is 0 Å². The number of aromatic amines is 1. The van der Waals surface area contributed by atoms with E-state index in [0.29, 0.717) is 5.92 Å². The molecule has 2 heterocycles. The average Bonchev–Trinajstić information content (AvgIpc) is 2.49. The lowest BCUT2D eigenvalue weighted by atomic mass is 9.98. The molecule has 0 spiro atoms. The number of hydrogen-bond acceptors (Lipinski definition) is 2. The standard InChI is InChI=1S/C9H14BrN3/c1-6-8(10)13-9(12-6)7-2-4-11-5-3-7/h7,11H,2-5H2,1H3,(H,12,13). The third-order valence-electron chi connectivity index (χ3n) is 2.57. The number of piperidine rings is 1. The minimum Gasteiger partial charge on any atom is -0.345 e. The van der Waals surface area contributed by atoms with Gasteiger partial charge in [-0.2, -0.15) is 0 Å². The number of halogens is 1. The van der Waals surface area contributed by atoms with Crippen molar-refractivity contribution in [3.05, 3.63) is 16.1 Å². The van der Waals surface area contributed by atoms with Crippen molar-refractivity contribution in [1.82, 2.24) is 15.3 Å². The number of aryl methyl sites for hydroxylation is 1. The van der Waals surface area contributed by atoms with Crippen molar-refractivity contribution in [3.63, 3.8) is 0 Å². The number of nitrogens with zero attached hydrogens (tertiary/aromatic N) is 1. The van der Waals surface area contributed by atoms with Gasteiger partial charge in [0.2, 0.25) is 0 Å². The molecule has 0 amide bonds. The van der Waals surface area contributed by atoms with Crippen LogP contribution in [-0.4, -0.2) is 23.1 Å². The van der Waals surface area contributed by atoms with Gasteiger partial charge in [0.15, 0.2) is 0 Å². The molecule has 0 radical (unpaired) electrons. The highest BCUT2D eigenvalue weighted by Gasteiger charge is 2.18. The maximum absolute atomic E-state index is 4.47. The highest BCUT2D eigenvalue weighted by atomic mass is 79.9. The molecule has 1 aliphatic heterocycles. The van der Waals surface area contributed by atoms with Crippen LogP contribution in [0.25, 0.3) is 0 Å². The second-order valence-corrected chi connectivity index (χ2v) is 4.31. The van der Waals surface area contributed by atoms with Crippen molar-refractivity contribution in [1.29, 1.82) is 0 Å². The van der Waals surface area contributed by atoms with Crippen molar-refractivity contribution >= 4 is 15.9 Å². The van der Waals surface area contributed by atoms with Crippen molar-refractivity contribution < 1.29 is 0 Å². The monoisotopic (exact) mass is 243 g/mol. The van der Waals surface area contributed by atoms with E-state index in [4.69, 9.17) is 0 Å². The van der Waals surface area contributed by atoms with E-state index in [2.05, 4.69) is 31.2 Å². The molecule has 4 heteroatoms. The zero-order chi connectivity index (χ0) is 9.26. The van der Waals surface area contributed by atoms with E-state index in [1.807, 2.05) is 6.92 Å². The van der Waals surface area contributed by atoms with Gasteiger partial charge in [0.1, 0.15) is 10.4 Å². The van der Waals surface area contributed by atoms with Crippen LogP contribution in [0.15, 0.2) is 4.60 Å². The second kappa shape index (κ2) is 3.80. The van der Waals surface area contributed by atoms with E-state index in [-0.39, 0.29) is 0 Å². The van der Waals surface area contributed by atoms with Crippen LogP contribution < -0.4 is 5.32 Å². The highest BCUT2D eigenvalue weighted by Crippen LogP contribution is 2.25. The predicted octanol–water partition coefficient (Wildman–Crippen LogP) is 1.95. The lowest BCUT2D eigenvalue weighted by molar-refractivity contribution is 0.447. The fraction of sp³-hybridized carbons (Fsp3) is 0.667. The smallest absolute Gasteiger partial charge is 0.127 e. The van der Waals surface area contributed by atoms with E-state index in [1.54, 1.807) is 0 Å². The Bertz CT molecular complexity index is 270. The number of H-pyrrole nitrogens is 1. The summed E-state index contributed by atoms with van der Waals surface area (Å²) >= 11 is 3.42. The fourth-order valence-corrected chi connectivity index (χ4v) is 2.04. The topological polar surface area (TPSA) is 40.7 Å². The third kappa shape index (κ3) is 1.94. The molecule has 1 aromatic heterocycles. The molecule has 13 heavy (non-hydrogen) atoms. The number of nitrogens with one attached hydrogen (secondary N) is 2. The normalized spacial score (nSPS) is 19.2. The molecule has 0 unspecified atom stereocenters. The van der Waals surface area contributed by atoms with Gasteiger partial charge in [0.05, 0.1) is 0 Å². The summed E-state index contributed by atoms with van der Waals surface area (Å²) in [7, 11) is 0. The Morgan fingerprint density at radius 1 is 1.38 bits per heavy atom. The Morgan fingerprint density at radius 2 is 2.08 bits per heavy atom. The molecule has 0 bridgehead atoms.